The van der Waals surface area contributed by atoms with Gasteiger partial charge in [-0.25, -0.2) is 4.79 Å². The molecule has 1 atom stereocenters. The summed E-state index contributed by atoms with van der Waals surface area (Å²) in [6.45, 7) is 6.42. The molecule has 1 aromatic heterocycles. The Balaban J connectivity index is 1.69. The monoisotopic (exact) mass is 344 g/mol. The molecule has 0 radical (unpaired) electrons. The topological polar surface area (TPSA) is 99.8 Å². The maximum absolute atomic E-state index is 12.2. The van der Waals surface area contributed by atoms with E-state index < -0.39 is 5.97 Å². The molecule has 1 N–H and O–H groups in total. The maximum atomic E-state index is 12.2. The van der Waals surface area contributed by atoms with Crippen LogP contribution in [0.15, 0.2) is 28.8 Å². The number of amides is 1. The lowest BCUT2D eigenvalue weighted by molar-refractivity contribution is -0.141. The van der Waals surface area contributed by atoms with E-state index >= 15 is 0 Å². The number of carboxylic acids is 1. The predicted molar refractivity (Wildman–Crippen MR) is 88.8 cm³/mol. The van der Waals surface area contributed by atoms with Crippen LogP contribution in [0.5, 0.6) is 0 Å². The molecule has 1 aliphatic heterocycles. The maximum Gasteiger partial charge on any atom is 0.335 e. The summed E-state index contributed by atoms with van der Waals surface area (Å²) in [5.41, 5.74) is 0.883. The van der Waals surface area contributed by atoms with Crippen LogP contribution in [0.25, 0.3) is 11.4 Å². The Morgan fingerprint density at radius 3 is 2.68 bits per heavy atom. The minimum absolute atomic E-state index is 0.109. The van der Waals surface area contributed by atoms with Crippen LogP contribution in [0, 0.1) is 0 Å². The van der Waals surface area contributed by atoms with Crippen molar-refractivity contribution in [1.29, 1.82) is 0 Å². The lowest BCUT2D eigenvalue weighted by Crippen LogP contribution is -2.55. The van der Waals surface area contributed by atoms with Gasteiger partial charge in [-0.15, -0.1) is 0 Å². The molecule has 1 saturated heterocycles. The molecular formula is C17H20N4O4. The molecule has 1 aliphatic rings. The summed E-state index contributed by atoms with van der Waals surface area (Å²) in [5, 5.41) is 12.9. The molecule has 8 nitrogen and oxygen atoms in total. The van der Waals surface area contributed by atoms with E-state index in [4.69, 9.17) is 9.63 Å². The van der Waals surface area contributed by atoms with Crippen molar-refractivity contribution in [2.24, 2.45) is 0 Å². The van der Waals surface area contributed by atoms with Gasteiger partial charge >= 0.3 is 5.97 Å². The second-order valence-electron chi connectivity index (χ2n) is 5.96. The van der Waals surface area contributed by atoms with Gasteiger partial charge in [-0.3, -0.25) is 9.69 Å². The molecule has 1 unspecified atom stereocenters. The van der Waals surface area contributed by atoms with Gasteiger partial charge < -0.3 is 14.5 Å². The fourth-order valence-corrected chi connectivity index (χ4v) is 2.88. The highest BCUT2D eigenvalue weighted by Gasteiger charge is 2.31. The molecule has 3 rings (SSSR count). The first-order chi connectivity index (χ1) is 12.0. The molecule has 132 valence electrons. The van der Waals surface area contributed by atoms with Crippen LogP contribution in [0.3, 0.4) is 0 Å². The van der Waals surface area contributed by atoms with Gasteiger partial charge in [0, 0.05) is 25.2 Å². The Bertz CT molecular complexity index is 771. The summed E-state index contributed by atoms with van der Waals surface area (Å²) in [6, 6.07) is 6.06. The number of rotatable bonds is 5. The zero-order chi connectivity index (χ0) is 18.0. The molecule has 1 aromatic carbocycles. The molecule has 0 bridgehead atoms. The Labute approximate surface area is 145 Å². The first kappa shape index (κ1) is 17.1. The Morgan fingerprint density at radius 2 is 2.04 bits per heavy atom. The zero-order valence-electron chi connectivity index (χ0n) is 14.2. The third-order valence-corrected chi connectivity index (χ3v) is 4.45. The van der Waals surface area contributed by atoms with Crippen LogP contribution in [-0.4, -0.2) is 62.6 Å². The highest BCUT2D eigenvalue weighted by Crippen LogP contribution is 2.19. The highest BCUT2D eigenvalue weighted by molar-refractivity contribution is 5.88. The average Bonchev–Trinajstić information content (AvgIpc) is 3.08. The molecule has 1 fully saturated rings. The molecule has 25 heavy (non-hydrogen) atoms. The number of carboxylic acid groups (broad SMARTS) is 1. The van der Waals surface area contributed by atoms with Gasteiger partial charge in [0.2, 0.25) is 17.6 Å². The smallest absolute Gasteiger partial charge is 0.335 e. The normalized spacial score (nSPS) is 18.6. The number of hydrogen-bond donors (Lipinski definition) is 1. The average molecular weight is 344 g/mol. The van der Waals surface area contributed by atoms with Crippen LogP contribution in [-0.2, 0) is 11.3 Å². The number of hydrogen-bond acceptors (Lipinski definition) is 6. The Kier molecular flexibility index (Phi) is 4.80. The van der Waals surface area contributed by atoms with Gasteiger partial charge in [0.25, 0.3) is 0 Å². The van der Waals surface area contributed by atoms with E-state index in [0.717, 1.165) is 6.54 Å². The number of aromatic nitrogens is 2. The largest absolute Gasteiger partial charge is 0.478 e. The zero-order valence-corrected chi connectivity index (χ0v) is 14.2. The molecule has 2 heterocycles. The van der Waals surface area contributed by atoms with Gasteiger partial charge in [0.1, 0.15) is 0 Å². The summed E-state index contributed by atoms with van der Waals surface area (Å²) in [6.07, 6.45) is 0. The van der Waals surface area contributed by atoms with Crippen molar-refractivity contribution >= 4 is 11.9 Å². The van der Waals surface area contributed by atoms with Crippen molar-refractivity contribution in [2.75, 3.05) is 19.6 Å². The molecule has 8 heteroatoms. The Morgan fingerprint density at radius 1 is 1.32 bits per heavy atom. The summed E-state index contributed by atoms with van der Waals surface area (Å²) in [4.78, 5) is 31.3. The lowest BCUT2D eigenvalue weighted by atomic mass is 10.1. The second kappa shape index (κ2) is 7.02. The number of carbonyl (C=O) groups excluding carboxylic acids is 1. The van der Waals surface area contributed by atoms with E-state index in [1.54, 1.807) is 12.1 Å². The fourth-order valence-electron chi connectivity index (χ4n) is 2.88. The number of nitrogens with zero attached hydrogens (tertiary/aromatic N) is 4. The molecule has 2 aromatic rings. The van der Waals surface area contributed by atoms with Gasteiger partial charge in [-0.05, 0) is 26.0 Å². The summed E-state index contributed by atoms with van der Waals surface area (Å²) in [7, 11) is 0. The molecule has 0 saturated carbocycles. The third kappa shape index (κ3) is 3.53. The van der Waals surface area contributed by atoms with Crippen LogP contribution in [0.4, 0.5) is 0 Å². The van der Waals surface area contributed by atoms with Crippen molar-refractivity contribution in [1.82, 2.24) is 19.9 Å². The minimum atomic E-state index is -0.981. The summed E-state index contributed by atoms with van der Waals surface area (Å²) in [5.74, 6) is -0.0389. The summed E-state index contributed by atoms with van der Waals surface area (Å²) < 4.78 is 5.29. The molecule has 0 aliphatic carbocycles. The van der Waals surface area contributed by atoms with E-state index in [1.807, 2.05) is 23.6 Å². The number of benzene rings is 1. The van der Waals surface area contributed by atoms with Crippen molar-refractivity contribution in [2.45, 2.75) is 26.4 Å². The van der Waals surface area contributed by atoms with Crippen LogP contribution >= 0.6 is 0 Å². The highest BCUT2D eigenvalue weighted by atomic mass is 16.5. The van der Waals surface area contributed by atoms with Crippen molar-refractivity contribution in [3.05, 3.63) is 35.7 Å². The SMILES string of the molecule is CCN1CCN(Cc2nc(-c3ccc(C(=O)O)cc3)no2)C(C)C1=O. The molecular weight excluding hydrogens is 324 g/mol. The molecule has 1 amide bonds. The lowest BCUT2D eigenvalue weighted by Gasteiger charge is -2.37. The van der Waals surface area contributed by atoms with Crippen molar-refractivity contribution in [3.63, 3.8) is 0 Å². The van der Waals surface area contributed by atoms with Crippen molar-refractivity contribution < 1.29 is 19.2 Å². The molecule has 0 spiro atoms. The standard InChI is InChI=1S/C17H20N4O4/c1-3-20-8-9-21(11(2)16(20)22)10-14-18-15(19-25-14)12-4-6-13(7-5-12)17(23)24/h4-7,11H,3,8-10H2,1-2H3,(H,23,24). The van der Waals surface area contributed by atoms with Gasteiger partial charge in [0.05, 0.1) is 18.2 Å². The van der Waals surface area contributed by atoms with E-state index in [2.05, 4.69) is 10.1 Å². The van der Waals surface area contributed by atoms with Crippen LogP contribution < -0.4 is 0 Å². The first-order valence-electron chi connectivity index (χ1n) is 8.18. The van der Waals surface area contributed by atoms with Crippen LogP contribution in [0.2, 0.25) is 0 Å². The van der Waals surface area contributed by atoms with Gasteiger partial charge in [-0.1, -0.05) is 17.3 Å². The number of aromatic carboxylic acids is 1. The number of carbonyl (C=O) groups is 2. The third-order valence-electron chi connectivity index (χ3n) is 4.45. The number of piperazine rings is 1. The van der Waals surface area contributed by atoms with E-state index in [-0.39, 0.29) is 17.5 Å². The minimum Gasteiger partial charge on any atom is -0.478 e. The van der Waals surface area contributed by atoms with Gasteiger partial charge in [-0.2, -0.15) is 4.98 Å². The second-order valence-corrected chi connectivity index (χ2v) is 5.96. The first-order valence-corrected chi connectivity index (χ1v) is 8.18. The summed E-state index contributed by atoms with van der Waals surface area (Å²) >= 11 is 0. The van der Waals surface area contributed by atoms with E-state index in [0.29, 0.717) is 36.9 Å². The quantitative estimate of drug-likeness (QED) is 0.877. The van der Waals surface area contributed by atoms with Crippen LogP contribution in [0.1, 0.15) is 30.1 Å². The predicted octanol–water partition coefficient (Wildman–Crippen LogP) is 1.49. The fraction of sp³-hybridized carbons (Fsp3) is 0.412. The number of likely N-dealkylation sites (N-methyl/N-ethyl adjacent to an activating group) is 1. The van der Waals surface area contributed by atoms with E-state index in [9.17, 15) is 9.59 Å². The van der Waals surface area contributed by atoms with Crippen molar-refractivity contribution in [3.8, 4) is 11.4 Å². The van der Waals surface area contributed by atoms with E-state index in [1.165, 1.54) is 12.1 Å². The Hall–Kier alpha value is -2.74. The van der Waals surface area contributed by atoms with Gasteiger partial charge in [0.15, 0.2) is 0 Å².